The minimum Gasteiger partial charge on any atom is -0.497 e. The number of rotatable bonds is 7. The number of methoxy groups -OCH3 is 1. The summed E-state index contributed by atoms with van der Waals surface area (Å²) < 4.78 is 31.2. The molecule has 4 nitrogen and oxygen atoms in total. The van der Waals surface area contributed by atoms with Crippen LogP contribution in [0.4, 0.5) is 5.69 Å². The molecule has 1 aromatic rings. The highest BCUT2D eigenvalue weighted by molar-refractivity contribution is 7.92. The zero-order chi connectivity index (χ0) is 13.6. The monoisotopic (exact) mass is 291 g/mol. The summed E-state index contributed by atoms with van der Waals surface area (Å²) in [6.07, 6.45) is 1.26. The van der Waals surface area contributed by atoms with Gasteiger partial charge in [0.1, 0.15) is 5.75 Å². The minimum atomic E-state index is -3.30. The number of hydrogen-bond donors (Lipinski definition) is 1. The fourth-order valence-corrected chi connectivity index (χ4v) is 2.92. The van der Waals surface area contributed by atoms with E-state index in [4.69, 9.17) is 16.3 Å². The van der Waals surface area contributed by atoms with Crippen molar-refractivity contribution < 1.29 is 13.2 Å². The average molecular weight is 292 g/mol. The molecule has 0 spiro atoms. The lowest BCUT2D eigenvalue weighted by Gasteiger charge is -2.11. The Kier molecular flexibility index (Phi) is 5.75. The third-order valence-corrected chi connectivity index (χ3v) is 4.12. The van der Waals surface area contributed by atoms with Gasteiger partial charge in [-0.05, 0) is 43.5 Å². The molecule has 1 rings (SSSR count). The van der Waals surface area contributed by atoms with Crippen LogP contribution in [0.1, 0.15) is 18.4 Å². The van der Waals surface area contributed by atoms with Gasteiger partial charge in [-0.2, -0.15) is 0 Å². The van der Waals surface area contributed by atoms with Gasteiger partial charge in [-0.15, -0.1) is 11.6 Å². The van der Waals surface area contributed by atoms with Crippen molar-refractivity contribution in [2.45, 2.75) is 19.8 Å². The number of sulfonamides is 1. The molecule has 0 saturated carbocycles. The van der Waals surface area contributed by atoms with Gasteiger partial charge in [0.15, 0.2) is 0 Å². The summed E-state index contributed by atoms with van der Waals surface area (Å²) in [5.74, 6) is 1.28. The maximum Gasteiger partial charge on any atom is 0.232 e. The smallest absolute Gasteiger partial charge is 0.232 e. The van der Waals surface area contributed by atoms with Crippen molar-refractivity contribution in [3.05, 3.63) is 23.8 Å². The van der Waals surface area contributed by atoms with E-state index in [0.717, 1.165) is 5.56 Å². The van der Waals surface area contributed by atoms with Crippen molar-refractivity contribution in [1.82, 2.24) is 0 Å². The normalized spacial score (nSPS) is 11.3. The van der Waals surface area contributed by atoms with E-state index in [0.29, 0.717) is 30.2 Å². The summed E-state index contributed by atoms with van der Waals surface area (Å²) in [6, 6.07) is 5.22. The molecule has 0 unspecified atom stereocenters. The summed E-state index contributed by atoms with van der Waals surface area (Å²) in [4.78, 5) is 0. The van der Waals surface area contributed by atoms with Crippen LogP contribution >= 0.6 is 11.6 Å². The summed E-state index contributed by atoms with van der Waals surface area (Å²) in [5.41, 5.74) is 1.41. The zero-order valence-corrected chi connectivity index (χ0v) is 12.1. The molecule has 0 atom stereocenters. The van der Waals surface area contributed by atoms with Gasteiger partial charge >= 0.3 is 0 Å². The first-order valence-corrected chi connectivity index (χ1v) is 7.88. The van der Waals surface area contributed by atoms with Crippen LogP contribution in [0.25, 0.3) is 0 Å². The van der Waals surface area contributed by atoms with Crippen LogP contribution < -0.4 is 9.46 Å². The van der Waals surface area contributed by atoms with Crippen molar-refractivity contribution in [3.8, 4) is 5.75 Å². The molecule has 0 saturated heterocycles. The number of alkyl halides is 1. The van der Waals surface area contributed by atoms with Gasteiger partial charge in [-0.1, -0.05) is 0 Å². The lowest BCUT2D eigenvalue weighted by atomic mass is 10.2. The Morgan fingerprint density at radius 1 is 1.33 bits per heavy atom. The van der Waals surface area contributed by atoms with Crippen molar-refractivity contribution in [3.63, 3.8) is 0 Å². The third kappa shape index (κ3) is 4.74. The Bertz CT molecular complexity index is 488. The fraction of sp³-hybridized carbons (Fsp3) is 0.500. The summed E-state index contributed by atoms with van der Waals surface area (Å²) in [7, 11) is -1.72. The first-order valence-electron chi connectivity index (χ1n) is 5.69. The number of aryl methyl sites for hydroxylation is 1. The largest absolute Gasteiger partial charge is 0.497 e. The predicted octanol–water partition coefficient (Wildman–Crippen LogP) is 2.76. The van der Waals surface area contributed by atoms with Crippen LogP contribution in [0.2, 0.25) is 0 Å². The maximum absolute atomic E-state index is 11.8. The molecule has 0 heterocycles. The van der Waals surface area contributed by atoms with Crippen LogP contribution in [0.15, 0.2) is 18.2 Å². The molecule has 0 aromatic heterocycles. The number of nitrogens with one attached hydrogen (secondary N) is 1. The topological polar surface area (TPSA) is 55.4 Å². The molecule has 18 heavy (non-hydrogen) atoms. The minimum absolute atomic E-state index is 0.0885. The van der Waals surface area contributed by atoms with E-state index in [1.807, 2.05) is 6.92 Å². The van der Waals surface area contributed by atoms with Crippen LogP contribution in [0, 0.1) is 6.92 Å². The molecule has 0 amide bonds. The summed E-state index contributed by atoms with van der Waals surface area (Å²) in [6.45, 7) is 1.83. The van der Waals surface area contributed by atoms with Crippen molar-refractivity contribution >= 4 is 27.3 Å². The number of ether oxygens (including phenoxy) is 1. The SMILES string of the molecule is COc1ccc(NS(=O)(=O)CCCCCl)c(C)c1. The molecule has 1 N–H and O–H groups in total. The van der Waals surface area contributed by atoms with Gasteiger partial charge < -0.3 is 4.74 Å². The molecule has 0 aliphatic rings. The average Bonchev–Trinajstić information content (AvgIpc) is 2.31. The molecule has 102 valence electrons. The quantitative estimate of drug-likeness (QED) is 0.621. The van der Waals surface area contributed by atoms with E-state index >= 15 is 0 Å². The predicted molar refractivity (Wildman–Crippen MR) is 75.1 cm³/mol. The second-order valence-corrected chi connectivity index (χ2v) is 6.22. The molecule has 6 heteroatoms. The highest BCUT2D eigenvalue weighted by Crippen LogP contribution is 2.22. The highest BCUT2D eigenvalue weighted by Gasteiger charge is 2.11. The maximum atomic E-state index is 11.8. The summed E-state index contributed by atoms with van der Waals surface area (Å²) in [5, 5.41) is 0. The van der Waals surface area contributed by atoms with Gasteiger partial charge in [0.05, 0.1) is 18.6 Å². The van der Waals surface area contributed by atoms with Gasteiger partial charge in [-0.25, -0.2) is 8.42 Å². The molecule has 0 aliphatic heterocycles. The third-order valence-electron chi connectivity index (χ3n) is 2.50. The van der Waals surface area contributed by atoms with Crippen molar-refractivity contribution in [2.75, 3.05) is 23.5 Å². The number of halogens is 1. The number of hydrogen-bond acceptors (Lipinski definition) is 3. The first-order chi connectivity index (χ1) is 8.48. The lowest BCUT2D eigenvalue weighted by Crippen LogP contribution is -2.17. The van der Waals surface area contributed by atoms with Crippen LogP contribution in [-0.2, 0) is 10.0 Å². The molecule has 0 fully saturated rings. The second-order valence-electron chi connectivity index (χ2n) is 4.00. The van der Waals surface area contributed by atoms with Crippen LogP contribution in [0.5, 0.6) is 5.75 Å². The van der Waals surface area contributed by atoms with Crippen LogP contribution in [0.3, 0.4) is 0 Å². The summed E-state index contributed by atoms with van der Waals surface area (Å²) >= 11 is 5.52. The van der Waals surface area contributed by atoms with E-state index in [2.05, 4.69) is 4.72 Å². The lowest BCUT2D eigenvalue weighted by molar-refractivity contribution is 0.414. The molecular formula is C12H18ClNO3S. The van der Waals surface area contributed by atoms with E-state index in [9.17, 15) is 8.42 Å². The van der Waals surface area contributed by atoms with E-state index in [1.165, 1.54) is 0 Å². The fourth-order valence-electron chi connectivity index (χ4n) is 1.48. The number of anilines is 1. The van der Waals surface area contributed by atoms with Gasteiger partial charge in [0, 0.05) is 5.88 Å². The number of unbranched alkanes of at least 4 members (excludes halogenated alkanes) is 1. The molecular weight excluding hydrogens is 274 g/mol. The Labute approximate surface area is 113 Å². The number of benzene rings is 1. The van der Waals surface area contributed by atoms with E-state index in [-0.39, 0.29) is 5.75 Å². The molecule has 0 radical (unpaired) electrons. The molecule has 0 bridgehead atoms. The van der Waals surface area contributed by atoms with Crippen LogP contribution in [-0.4, -0.2) is 27.2 Å². The molecule has 1 aromatic carbocycles. The Hall–Kier alpha value is -0.940. The highest BCUT2D eigenvalue weighted by atomic mass is 35.5. The van der Waals surface area contributed by atoms with Gasteiger partial charge in [0.25, 0.3) is 0 Å². The Balaban J connectivity index is 2.72. The molecule has 0 aliphatic carbocycles. The van der Waals surface area contributed by atoms with E-state index < -0.39 is 10.0 Å². The van der Waals surface area contributed by atoms with Crippen molar-refractivity contribution in [2.24, 2.45) is 0 Å². The van der Waals surface area contributed by atoms with Gasteiger partial charge in [-0.3, -0.25) is 4.72 Å². The first kappa shape index (κ1) is 15.1. The van der Waals surface area contributed by atoms with Gasteiger partial charge in [0.2, 0.25) is 10.0 Å². The zero-order valence-electron chi connectivity index (χ0n) is 10.6. The van der Waals surface area contributed by atoms with E-state index in [1.54, 1.807) is 25.3 Å². The van der Waals surface area contributed by atoms with Crippen molar-refractivity contribution in [1.29, 1.82) is 0 Å². The standard InChI is InChI=1S/C12H18ClNO3S/c1-10-9-11(17-2)5-6-12(10)14-18(15,16)8-4-3-7-13/h5-6,9,14H,3-4,7-8H2,1-2H3. The second kappa shape index (κ2) is 6.85. The Morgan fingerprint density at radius 2 is 2.06 bits per heavy atom. The Morgan fingerprint density at radius 3 is 2.61 bits per heavy atom.